The van der Waals surface area contributed by atoms with Gasteiger partial charge in [-0.3, -0.25) is 0 Å². The minimum Gasteiger partial charge on any atom is -0.493 e. The molecule has 1 saturated carbocycles. The summed E-state index contributed by atoms with van der Waals surface area (Å²) in [7, 11) is 0. The van der Waals surface area contributed by atoms with Crippen molar-refractivity contribution in [2.75, 3.05) is 13.2 Å². The van der Waals surface area contributed by atoms with Crippen molar-refractivity contribution < 1.29 is 4.74 Å². The van der Waals surface area contributed by atoms with E-state index in [0.717, 1.165) is 43.7 Å². The molecule has 1 N–H and O–H groups in total. The highest BCUT2D eigenvalue weighted by atomic mass is 16.5. The van der Waals surface area contributed by atoms with Gasteiger partial charge in [0.2, 0.25) is 0 Å². The summed E-state index contributed by atoms with van der Waals surface area (Å²) in [5.74, 6) is 1.95. The molecule has 2 aliphatic rings. The molecule has 1 aromatic rings. The number of hydrogen-bond donors (Lipinski definition) is 1. The van der Waals surface area contributed by atoms with Crippen molar-refractivity contribution in [3.8, 4) is 5.75 Å². The van der Waals surface area contributed by atoms with Crippen molar-refractivity contribution in [1.29, 1.82) is 0 Å². The van der Waals surface area contributed by atoms with Crippen molar-refractivity contribution in [2.24, 2.45) is 5.92 Å². The molecule has 18 heavy (non-hydrogen) atoms. The molecule has 3 rings (SSSR count). The first-order chi connectivity index (χ1) is 8.83. The van der Waals surface area contributed by atoms with Gasteiger partial charge in [-0.1, -0.05) is 25.5 Å². The number of rotatable bonds is 4. The van der Waals surface area contributed by atoms with E-state index < -0.39 is 0 Å². The first-order valence-corrected chi connectivity index (χ1v) is 7.31. The summed E-state index contributed by atoms with van der Waals surface area (Å²) in [6.07, 6.45) is 6.37. The average Bonchev–Trinajstić information content (AvgIpc) is 2.98. The summed E-state index contributed by atoms with van der Waals surface area (Å²) in [6.45, 7) is 4.34. The molecule has 0 radical (unpaired) electrons. The molecule has 2 atom stereocenters. The summed E-state index contributed by atoms with van der Waals surface area (Å²) >= 11 is 0. The molecule has 98 valence electrons. The zero-order valence-electron chi connectivity index (χ0n) is 11.2. The maximum atomic E-state index is 5.54. The van der Waals surface area contributed by atoms with E-state index in [2.05, 4.69) is 30.4 Å². The van der Waals surface area contributed by atoms with Crippen LogP contribution in [0.1, 0.15) is 37.3 Å². The Hall–Kier alpha value is -1.02. The maximum absolute atomic E-state index is 5.54. The summed E-state index contributed by atoms with van der Waals surface area (Å²) in [5, 5.41) is 3.72. The zero-order valence-corrected chi connectivity index (χ0v) is 11.2. The lowest BCUT2D eigenvalue weighted by molar-refractivity contribution is 0.357. The topological polar surface area (TPSA) is 21.3 Å². The predicted molar refractivity (Wildman–Crippen MR) is 74.2 cm³/mol. The van der Waals surface area contributed by atoms with Crippen LogP contribution in [0.25, 0.3) is 0 Å². The Kier molecular flexibility index (Phi) is 3.55. The maximum Gasteiger partial charge on any atom is 0.122 e. The van der Waals surface area contributed by atoms with E-state index in [-0.39, 0.29) is 0 Å². The SMILES string of the molecule is CC1CCCC1NCCc1ccc2c(c1)CCO2. The predicted octanol–water partition coefficient (Wildman–Crippen LogP) is 2.94. The Morgan fingerprint density at radius 1 is 1.33 bits per heavy atom. The molecule has 0 saturated heterocycles. The fourth-order valence-corrected chi connectivity index (χ4v) is 3.25. The molecular formula is C16H23NO. The van der Waals surface area contributed by atoms with Gasteiger partial charge < -0.3 is 10.1 Å². The van der Waals surface area contributed by atoms with Crippen molar-refractivity contribution in [2.45, 2.75) is 45.1 Å². The monoisotopic (exact) mass is 245 g/mol. The van der Waals surface area contributed by atoms with Gasteiger partial charge in [0.15, 0.2) is 0 Å². The van der Waals surface area contributed by atoms with Gasteiger partial charge in [0.1, 0.15) is 5.75 Å². The van der Waals surface area contributed by atoms with Crippen LogP contribution in [0.2, 0.25) is 0 Å². The van der Waals surface area contributed by atoms with Crippen LogP contribution >= 0.6 is 0 Å². The number of nitrogens with one attached hydrogen (secondary N) is 1. The summed E-state index contributed by atoms with van der Waals surface area (Å²) < 4.78 is 5.54. The van der Waals surface area contributed by atoms with Crippen LogP contribution in [0, 0.1) is 5.92 Å². The Morgan fingerprint density at radius 3 is 3.11 bits per heavy atom. The van der Waals surface area contributed by atoms with E-state index in [1.165, 1.54) is 30.4 Å². The van der Waals surface area contributed by atoms with Crippen molar-refractivity contribution in [3.05, 3.63) is 29.3 Å². The van der Waals surface area contributed by atoms with Crippen LogP contribution < -0.4 is 10.1 Å². The lowest BCUT2D eigenvalue weighted by atomic mass is 10.0. The Balaban J connectivity index is 1.51. The van der Waals surface area contributed by atoms with Gasteiger partial charge in [-0.15, -0.1) is 0 Å². The third-order valence-electron chi connectivity index (χ3n) is 4.44. The molecular weight excluding hydrogens is 222 g/mol. The van der Waals surface area contributed by atoms with E-state index >= 15 is 0 Å². The van der Waals surface area contributed by atoms with Crippen molar-refractivity contribution in [1.82, 2.24) is 5.32 Å². The van der Waals surface area contributed by atoms with Gasteiger partial charge in [0.05, 0.1) is 6.61 Å². The van der Waals surface area contributed by atoms with Crippen LogP contribution in [0.5, 0.6) is 5.75 Å². The standard InChI is InChI=1S/C16H23NO/c1-12-3-2-4-15(12)17-9-7-13-5-6-16-14(11-13)8-10-18-16/h5-6,11-12,15,17H,2-4,7-10H2,1H3. The van der Waals surface area contributed by atoms with E-state index in [0.29, 0.717) is 0 Å². The molecule has 0 spiro atoms. The smallest absolute Gasteiger partial charge is 0.122 e. The fraction of sp³-hybridized carbons (Fsp3) is 0.625. The molecule has 1 heterocycles. The molecule has 2 heteroatoms. The Morgan fingerprint density at radius 2 is 2.28 bits per heavy atom. The van der Waals surface area contributed by atoms with Gasteiger partial charge in [-0.05, 0) is 48.9 Å². The highest BCUT2D eigenvalue weighted by Gasteiger charge is 2.22. The second-order valence-electron chi connectivity index (χ2n) is 5.76. The Bertz CT molecular complexity index is 416. The van der Waals surface area contributed by atoms with E-state index in [1.54, 1.807) is 0 Å². The molecule has 1 fully saturated rings. The summed E-state index contributed by atoms with van der Waals surface area (Å²) in [5.41, 5.74) is 2.83. The molecule has 0 bridgehead atoms. The summed E-state index contributed by atoms with van der Waals surface area (Å²) in [4.78, 5) is 0. The lowest BCUT2D eigenvalue weighted by Crippen LogP contribution is -2.32. The van der Waals surface area contributed by atoms with E-state index in [4.69, 9.17) is 4.74 Å². The average molecular weight is 245 g/mol. The van der Waals surface area contributed by atoms with Crippen LogP contribution in [0.15, 0.2) is 18.2 Å². The zero-order chi connectivity index (χ0) is 12.4. The van der Waals surface area contributed by atoms with E-state index in [9.17, 15) is 0 Å². The fourth-order valence-electron chi connectivity index (χ4n) is 3.25. The molecule has 0 amide bonds. The quantitative estimate of drug-likeness (QED) is 0.880. The first kappa shape index (κ1) is 12.0. The third kappa shape index (κ3) is 2.54. The van der Waals surface area contributed by atoms with Crippen LogP contribution in [0.4, 0.5) is 0 Å². The highest BCUT2D eigenvalue weighted by Crippen LogP contribution is 2.26. The van der Waals surface area contributed by atoms with Gasteiger partial charge in [-0.25, -0.2) is 0 Å². The van der Waals surface area contributed by atoms with Crippen LogP contribution in [-0.4, -0.2) is 19.2 Å². The van der Waals surface area contributed by atoms with Crippen LogP contribution in [0.3, 0.4) is 0 Å². The minimum atomic E-state index is 0.753. The second kappa shape index (κ2) is 5.31. The van der Waals surface area contributed by atoms with E-state index in [1.807, 2.05) is 0 Å². The number of ether oxygens (including phenoxy) is 1. The Labute approximate surface area is 110 Å². The summed E-state index contributed by atoms with van der Waals surface area (Å²) in [6, 6.07) is 7.42. The number of benzene rings is 1. The highest BCUT2D eigenvalue weighted by molar-refractivity contribution is 5.39. The largest absolute Gasteiger partial charge is 0.493 e. The van der Waals surface area contributed by atoms with Gasteiger partial charge in [0.25, 0.3) is 0 Å². The van der Waals surface area contributed by atoms with Gasteiger partial charge in [0, 0.05) is 12.5 Å². The van der Waals surface area contributed by atoms with Crippen LogP contribution in [-0.2, 0) is 12.8 Å². The lowest BCUT2D eigenvalue weighted by Gasteiger charge is -2.17. The minimum absolute atomic E-state index is 0.753. The molecule has 1 aliphatic carbocycles. The number of fused-ring (bicyclic) bond motifs is 1. The van der Waals surface area contributed by atoms with Gasteiger partial charge in [-0.2, -0.15) is 0 Å². The van der Waals surface area contributed by atoms with Gasteiger partial charge >= 0.3 is 0 Å². The molecule has 1 aromatic carbocycles. The molecule has 0 aromatic heterocycles. The molecule has 1 aliphatic heterocycles. The first-order valence-electron chi connectivity index (χ1n) is 7.31. The second-order valence-corrected chi connectivity index (χ2v) is 5.76. The number of hydrogen-bond acceptors (Lipinski definition) is 2. The van der Waals surface area contributed by atoms with Crippen molar-refractivity contribution in [3.63, 3.8) is 0 Å². The third-order valence-corrected chi connectivity index (χ3v) is 4.44. The molecule has 2 nitrogen and oxygen atoms in total. The normalized spacial score (nSPS) is 26.1. The van der Waals surface area contributed by atoms with Crippen molar-refractivity contribution >= 4 is 0 Å². The molecule has 2 unspecified atom stereocenters.